The second-order valence-electron chi connectivity index (χ2n) is 2.91. The molecule has 0 atom stereocenters. The molecule has 2 nitrogen and oxygen atoms in total. The first kappa shape index (κ1) is 19.5. The predicted octanol–water partition coefficient (Wildman–Crippen LogP) is 3.28. The minimum absolute atomic E-state index is 0.302. The molecule has 1 aromatic carbocycles. The summed E-state index contributed by atoms with van der Waals surface area (Å²) in [6.07, 6.45) is 4.60. The summed E-state index contributed by atoms with van der Waals surface area (Å²) in [5.41, 5.74) is 0.337. The highest BCUT2D eigenvalue weighted by atomic mass is 16.4. The Hall–Kier alpha value is -1.88. The Morgan fingerprint density at radius 3 is 2.21 bits per heavy atom. The molecule has 0 unspecified atom stereocenters. The Morgan fingerprint density at radius 1 is 1.21 bits per heavy atom. The lowest BCUT2D eigenvalue weighted by Crippen LogP contribution is -1.93. The van der Waals surface area contributed by atoms with Crippen molar-refractivity contribution in [1.82, 2.24) is 0 Å². The van der Waals surface area contributed by atoms with Gasteiger partial charge >= 0.3 is 5.63 Å². The minimum Gasteiger partial charge on any atom is -0.423 e. The van der Waals surface area contributed by atoms with Crippen LogP contribution >= 0.6 is 0 Å². The van der Waals surface area contributed by atoms with E-state index in [-0.39, 0.29) is 5.63 Å². The van der Waals surface area contributed by atoms with Crippen molar-refractivity contribution in [3.63, 3.8) is 0 Å². The molecule has 0 saturated heterocycles. The van der Waals surface area contributed by atoms with E-state index in [1.807, 2.05) is 32.0 Å². The lowest BCUT2D eigenvalue weighted by Gasteiger charge is -1.91. The predicted molar refractivity (Wildman–Crippen MR) is 85.7 cm³/mol. The van der Waals surface area contributed by atoms with Crippen LogP contribution < -0.4 is 5.63 Å². The highest BCUT2D eigenvalue weighted by Gasteiger charge is 1.92. The van der Waals surface area contributed by atoms with Crippen LogP contribution in [0.2, 0.25) is 6.82 Å². The summed E-state index contributed by atoms with van der Waals surface area (Å²) in [6.45, 7) is 7.43. The molecule has 19 heavy (non-hydrogen) atoms. The Kier molecular flexibility index (Phi) is 14.5. The molecular weight excluding hydrogens is 234 g/mol. The van der Waals surface area contributed by atoms with Gasteiger partial charge in [0.15, 0.2) is 0 Å². The van der Waals surface area contributed by atoms with Gasteiger partial charge in [-0.15, -0.1) is 19.2 Å². The van der Waals surface area contributed by atoms with Crippen molar-refractivity contribution in [3.8, 4) is 12.3 Å². The Labute approximate surface area is 117 Å². The number of hydrogen-bond acceptors (Lipinski definition) is 2. The van der Waals surface area contributed by atoms with Gasteiger partial charge in [-0.2, -0.15) is 0 Å². The van der Waals surface area contributed by atoms with Crippen molar-refractivity contribution in [3.05, 3.63) is 46.8 Å². The molecule has 97 valence electrons. The van der Waals surface area contributed by atoms with Crippen molar-refractivity contribution in [2.75, 3.05) is 0 Å². The van der Waals surface area contributed by atoms with Gasteiger partial charge < -0.3 is 4.42 Å². The summed E-state index contributed by atoms with van der Waals surface area (Å²) in [5, 5.41) is 0.951. The zero-order chi connectivity index (χ0) is 15.1. The maximum atomic E-state index is 10.7. The lowest BCUT2D eigenvalue weighted by atomic mass is 9.59. The zero-order valence-corrected chi connectivity index (χ0v) is 12.0. The fraction of sp³-hybridized carbons (Fsp3) is 0.267. The second-order valence-corrected chi connectivity index (χ2v) is 2.91. The van der Waals surface area contributed by atoms with E-state index in [2.05, 4.69) is 12.3 Å². The van der Waals surface area contributed by atoms with Crippen LogP contribution in [0.25, 0.3) is 11.0 Å². The molecule has 0 aliphatic heterocycles. The topological polar surface area (TPSA) is 30.2 Å². The van der Waals surface area contributed by atoms with Crippen LogP contribution in [0.3, 0.4) is 0 Å². The highest BCUT2D eigenvalue weighted by Crippen LogP contribution is 2.08. The minimum atomic E-state index is -0.302. The van der Waals surface area contributed by atoms with Crippen molar-refractivity contribution < 1.29 is 4.42 Å². The van der Waals surface area contributed by atoms with Gasteiger partial charge in [0.25, 0.3) is 0 Å². The van der Waals surface area contributed by atoms with Crippen LogP contribution in [0.5, 0.6) is 0 Å². The molecule has 3 radical (unpaired) electrons. The molecule has 0 amide bonds. The van der Waals surface area contributed by atoms with E-state index in [0.717, 1.165) is 5.39 Å². The number of hydrogen-bond donors (Lipinski definition) is 0. The third-order valence-corrected chi connectivity index (χ3v) is 1.53. The molecule has 0 spiro atoms. The number of rotatable bonds is 0. The van der Waals surface area contributed by atoms with E-state index in [1.165, 1.54) is 13.2 Å². The van der Waals surface area contributed by atoms with Gasteiger partial charge in [-0.3, -0.25) is 0 Å². The van der Waals surface area contributed by atoms with Crippen molar-refractivity contribution >= 4 is 25.9 Å². The van der Waals surface area contributed by atoms with Crippen LogP contribution in [0, 0.1) is 12.3 Å². The SMILES string of the molecule is C#CC.CC.O=c1ccc2ccccc2o1.[B][B]C. The molecule has 0 N–H and O–H groups in total. The van der Waals surface area contributed by atoms with E-state index in [0.29, 0.717) is 5.58 Å². The second kappa shape index (κ2) is 14.2. The van der Waals surface area contributed by atoms with Crippen LogP contribution in [-0.2, 0) is 0 Å². The molecule has 1 aromatic heterocycles. The average Bonchev–Trinajstić information content (AvgIpc) is 2.43. The first-order valence-corrected chi connectivity index (χ1v) is 6.05. The molecule has 2 aromatic rings. The van der Waals surface area contributed by atoms with Crippen LogP contribution in [0.4, 0.5) is 0 Å². The Bertz CT molecular complexity index is 527. The number of terminal acetylenes is 1. The molecule has 2 rings (SSSR count). The largest absolute Gasteiger partial charge is 0.423 e. The van der Waals surface area contributed by atoms with Crippen molar-refractivity contribution in [2.45, 2.75) is 27.6 Å². The molecule has 0 saturated carbocycles. The van der Waals surface area contributed by atoms with Gasteiger partial charge in [-0.05, 0) is 19.1 Å². The summed E-state index contributed by atoms with van der Waals surface area (Å²) in [6, 6.07) is 10.6. The number of para-hydroxylation sites is 1. The fourth-order valence-corrected chi connectivity index (χ4v) is 1.01. The zero-order valence-electron chi connectivity index (χ0n) is 12.0. The van der Waals surface area contributed by atoms with E-state index in [4.69, 9.17) is 12.2 Å². The third-order valence-electron chi connectivity index (χ3n) is 1.53. The van der Waals surface area contributed by atoms with Gasteiger partial charge in [0.05, 0.1) is 7.17 Å². The Morgan fingerprint density at radius 2 is 1.68 bits per heavy atom. The van der Waals surface area contributed by atoms with Gasteiger partial charge in [0, 0.05) is 19.2 Å². The summed E-state index contributed by atoms with van der Waals surface area (Å²) in [7, 11) is 6.22. The lowest BCUT2D eigenvalue weighted by molar-refractivity contribution is 0.561. The summed E-state index contributed by atoms with van der Waals surface area (Å²) in [5.74, 6) is 2.25. The van der Waals surface area contributed by atoms with E-state index in [9.17, 15) is 4.79 Å². The van der Waals surface area contributed by atoms with Gasteiger partial charge in [-0.1, -0.05) is 32.0 Å². The number of benzene rings is 1. The van der Waals surface area contributed by atoms with Gasteiger partial charge in [0.1, 0.15) is 5.58 Å². The van der Waals surface area contributed by atoms with Crippen LogP contribution in [0.1, 0.15) is 20.8 Å². The highest BCUT2D eigenvalue weighted by molar-refractivity contribution is 6.88. The van der Waals surface area contributed by atoms with E-state index >= 15 is 0 Å². The maximum absolute atomic E-state index is 10.7. The average molecular weight is 253 g/mol. The van der Waals surface area contributed by atoms with Crippen molar-refractivity contribution in [1.29, 1.82) is 0 Å². The normalized spacial score (nSPS) is 7.32. The molecule has 0 bridgehead atoms. The van der Waals surface area contributed by atoms with Gasteiger partial charge in [-0.25, -0.2) is 4.79 Å². The molecule has 1 heterocycles. The third kappa shape index (κ3) is 9.79. The monoisotopic (exact) mass is 253 g/mol. The molecule has 4 heteroatoms. The van der Waals surface area contributed by atoms with Crippen LogP contribution in [-0.4, -0.2) is 14.9 Å². The van der Waals surface area contributed by atoms with E-state index in [1.54, 1.807) is 25.9 Å². The van der Waals surface area contributed by atoms with Gasteiger partial charge in [0.2, 0.25) is 0 Å². The summed E-state index contributed by atoms with van der Waals surface area (Å²) in [4.78, 5) is 10.7. The Balaban J connectivity index is 0. The summed E-state index contributed by atoms with van der Waals surface area (Å²) < 4.78 is 4.91. The molecule has 0 aliphatic rings. The van der Waals surface area contributed by atoms with E-state index < -0.39 is 0 Å². The summed E-state index contributed by atoms with van der Waals surface area (Å²) >= 11 is 0. The van der Waals surface area contributed by atoms with Crippen LogP contribution in [0.15, 0.2) is 45.6 Å². The molecule has 0 fully saturated rings. The quantitative estimate of drug-likeness (QED) is 0.409. The maximum Gasteiger partial charge on any atom is 0.336 e. The molecule has 0 aliphatic carbocycles. The number of fused-ring (bicyclic) bond motifs is 1. The smallest absolute Gasteiger partial charge is 0.336 e. The first-order valence-electron chi connectivity index (χ1n) is 6.05. The first-order chi connectivity index (χ1) is 9.19. The molecular formula is C15H19B2O2. The standard InChI is InChI=1S/C9H6O2.C3H4.C2H6.CH3B2/c10-9-6-5-7-3-1-2-4-8(7)11-9;1-3-2;1-2;1-3-2/h1-6H;1H,2H3;1-2H3;1H3. The van der Waals surface area contributed by atoms with Crippen molar-refractivity contribution in [2.24, 2.45) is 0 Å². The fourth-order valence-electron chi connectivity index (χ4n) is 1.01.